The second-order valence-electron chi connectivity index (χ2n) is 4.32. The number of halogens is 1. The Morgan fingerprint density at radius 3 is 2.71 bits per heavy atom. The number of amides is 1. The van der Waals surface area contributed by atoms with Gasteiger partial charge < -0.3 is 15.1 Å². The molecule has 0 spiro atoms. The van der Waals surface area contributed by atoms with Crippen molar-refractivity contribution in [1.82, 2.24) is 14.3 Å². The quantitative estimate of drug-likeness (QED) is 0.774. The number of imidazole rings is 1. The fourth-order valence-corrected chi connectivity index (χ4v) is 2.21. The van der Waals surface area contributed by atoms with Gasteiger partial charge in [-0.05, 0) is 18.2 Å². The molecule has 0 radical (unpaired) electrons. The highest BCUT2D eigenvalue weighted by Crippen LogP contribution is 2.18. The van der Waals surface area contributed by atoms with Crippen LogP contribution in [0.4, 0.5) is 0 Å². The van der Waals surface area contributed by atoms with Gasteiger partial charge in [0.15, 0.2) is 5.15 Å². The van der Waals surface area contributed by atoms with E-state index in [2.05, 4.69) is 4.98 Å². The summed E-state index contributed by atoms with van der Waals surface area (Å²) >= 11 is 6.06. The van der Waals surface area contributed by atoms with E-state index in [0.29, 0.717) is 16.5 Å². The standard InChI is InChI=1S/C14H16ClN3O3/c15-14-11(18-6-2-1-3-12(18)16-14)4-5-13(21)17(7-9-19)8-10-20/h1-6,19-20H,7-10H2/b5-4+. The van der Waals surface area contributed by atoms with Gasteiger partial charge in [0.25, 0.3) is 0 Å². The van der Waals surface area contributed by atoms with Crippen molar-refractivity contribution in [3.05, 3.63) is 41.3 Å². The highest BCUT2D eigenvalue weighted by molar-refractivity contribution is 6.31. The van der Waals surface area contributed by atoms with Crippen molar-refractivity contribution in [2.75, 3.05) is 26.3 Å². The van der Waals surface area contributed by atoms with E-state index in [1.165, 1.54) is 11.0 Å². The van der Waals surface area contributed by atoms with E-state index >= 15 is 0 Å². The van der Waals surface area contributed by atoms with Gasteiger partial charge in [-0.1, -0.05) is 17.7 Å². The van der Waals surface area contributed by atoms with Crippen LogP contribution in [0.15, 0.2) is 30.5 Å². The number of aromatic nitrogens is 2. The van der Waals surface area contributed by atoms with Crippen LogP contribution in [-0.2, 0) is 4.79 Å². The van der Waals surface area contributed by atoms with Crippen molar-refractivity contribution in [3.8, 4) is 0 Å². The maximum Gasteiger partial charge on any atom is 0.246 e. The summed E-state index contributed by atoms with van der Waals surface area (Å²) < 4.78 is 1.77. The van der Waals surface area contributed by atoms with Crippen LogP contribution in [0.1, 0.15) is 5.69 Å². The van der Waals surface area contributed by atoms with E-state index in [0.717, 1.165) is 0 Å². The number of carbonyl (C=O) groups is 1. The molecular weight excluding hydrogens is 294 g/mol. The Morgan fingerprint density at radius 1 is 1.33 bits per heavy atom. The zero-order chi connectivity index (χ0) is 15.2. The fourth-order valence-electron chi connectivity index (χ4n) is 1.96. The van der Waals surface area contributed by atoms with Gasteiger partial charge in [-0.2, -0.15) is 0 Å². The molecule has 0 aliphatic heterocycles. The first-order valence-corrected chi connectivity index (χ1v) is 6.86. The second kappa shape index (κ2) is 7.21. The van der Waals surface area contributed by atoms with Crippen LogP contribution in [0.5, 0.6) is 0 Å². The number of aliphatic hydroxyl groups excluding tert-OH is 2. The van der Waals surface area contributed by atoms with Crippen molar-refractivity contribution in [2.24, 2.45) is 0 Å². The Balaban J connectivity index is 2.22. The summed E-state index contributed by atoms with van der Waals surface area (Å²) in [7, 11) is 0. The number of nitrogens with zero attached hydrogens (tertiary/aromatic N) is 3. The highest BCUT2D eigenvalue weighted by Gasteiger charge is 2.11. The molecule has 0 saturated heterocycles. The van der Waals surface area contributed by atoms with Crippen LogP contribution in [-0.4, -0.2) is 56.7 Å². The topological polar surface area (TPSA) is 78.1 Å². The van der Waals surface area contributed by atoms with Gasteiger partial charge in [-0.15, -0.1) is 0 Å². The molecule has 2 rings (SSSR count). The summed E-state index contributed by atoms with van der Waals surface area (Å²) in [6.45, 7) is 0.0289. The second-order valence-corrected chi connectivity index (χ2v) is 4.68. The van der Waals surface area contributed by atoms with Crippen LogP contribution in [0, 0.1) is 0 Å². The molecule has 0 aliphatic carbocycles. The molecule has 2 aromatic heterocycles. The van der Waals surface area contributed by atoms with Crippen LogP contribution in [0.2, 0.25) is 5.15 Å². The van der Waals surface area contributed by atoms with Gasteiger partial charge in [-0.3, -0.25) is 9.20 Å². The minimum atomic E-state index is -0.306. The van der Waals surface area contributed by atoms with E-state index < -0.39 is 0 Å². The minimum Gasteiger partial charge on any atom is -0.395 e. The predicted octanol–water partition coefficient (Wildman–Crippen LogP) is 0.814. The molecule has 0 bridgehead atoms. The SMILES string of the molecule is O=C(/C=C/c1c(Cl)nc2ccccn12)N(CCO)CCO. The van der Waals surface area contributed by atoms with Gasteiger partial charge in [-0.25, -0.2) is 4.98 Å². The predicted molar refractivity (Wildman–Crippen MR) is 80.0 cm³/mol. The molecular formula is C14H16ClN3O3. The van der Waals surface area contributed by atoms with Crippen molar-refractivity contribution in [3.63, 3.8) is 0 Å². The number of pyridine rings is 1. The van der Waals surface area contributed by atoms with E-state index in [4.69, 9.17) is 21.8 Å². The molecule has 21 heavy (non-hydrogen) atoms. The molecule has 0 atom stereocenters. The third-order valence-corrected chi connectivity index (χ3v) is 3.24. The lowest BCUT2D eigenvalue weighted by Gasteiger charge is -2.18. The first-order chi connectivity index (χ1) is 10.2. The van der Waals surface area contributed by atoms with Gasteiger partial charge in [0, 0.05) is 25.4 Å². The summed E-state index contributed by atoms with van der Waals surface area (Å²) in [5, 5.41) is 18.1. The number of fused-ring (bicyclic) bond motifs is 1. The molecule has 2 N–H and O–H groups in total. The van der Waals surface area contributed by atoms with Crippen LogP contribution in [0.25, 0.3) is 11.7 Å². The Labute approximate surface area is 126 Å². The highest BCUT2D eigenvalue weighted by atomic mass is 35.5. The molecule has 1 amide bonds. The summed E-state index contributed by atoms with van der Waals surface area (Å²) in [6, 6.07) is 5.50. The minimum absolute atomic E-state index is 0.157. The lowest BCUT2D eigenvalue weighted by molar-refractivity contribution is -0.126. The molecule has 6 nitrogen and oxygen atoms in total. The van der Waals surface area contributed by atoms with E-state index in [9.17, 15) is 4.79 Å². The van der Waals surface area contributed by atoms with Crippen molar-refractivity contribution >= 4 is 29.2 Å². The molecule has 0 fully saturated rings. The summed E-state index contributed by atoms with van der Waals surface area (Å²) in [5.41, 5.74) is 1.30. The van der Waals surface area contributed by atoms with Crippen LogP contribution < -0.4 is 0 Å². The third kappa shape index (κ3) is 3.60. The molecule has 0 saturated carbocycles. The number of hydrogen-bond acceptors (Lipinski definition) is 4. The summed E-state index contributed by atoms with van der Waals surface area (Å²) in [5.74, 6) is -0.306. The van der Waals surface area contributed by atoms with Gasteiger partial charge >= 0.3 is 0 Å². The molecule has 2 heterocycles. The lowest BCUT2D eigenvalue weighted by Crippen LogP contribution is -2.34. The van der Waals surface area contributed by atoms with Crippen molar-refractivity contribution in [2.45, 2.75) is 0 Å². The number of hydrogen-bond donors (Lipinski definition) is 2. The largest absolute Gasteiger partial charge is 0.395 e. The molecule has 112 valence electrons. The van der Waals surface area contributed by atoms with Crippen LogP contribution >= 0.6 is 11.6 Å². The van der Waals surface area contributed by atoms with Crippen LogP contribution in [0.3, 0.4) is 0 Å². The molecule has 0 aliphatic rings. The smallest absolute Gasteiger partial charge is 0.246 e. The maximum atomic E-state index is 12.0. The van der Waals surface area contributed by atoms with Gasteiger partial charge in [0.2, 0.25) is 5.91 Å². The average molecular weight is 310 g/mol. The summed E-state index contributed by atoms with van der Waals surface area (Å²) in [6.07, 6.45) is 4.73. The maximum absolute atomic E-state index is 12.0. The average Bonchev–Trinajstić information content (AvgIpc) is 2.80. The third-order valence-electron chi connectivity index (χ3n) is 2.96. The Morgan fingerprint density at radius 2 is 2.05 bits per heavy atom. The van der Waals surface area contributed by atoms with Gasteiger partial charge in [0.05, 0.1) is 18.9 Å². The first-order valence-electron chi connectivity index (χ1n) is 6.48. The fraction of sp³-hybridized carbons (Fsp3) is 0.286. The van der Waals surface area contributed by atoms with Crippen molar-refractivity contribution in [1.29, 1.82) is 0 Å². The van der Waals surface area contributed by atoms with E-state index in [1.54, 1.807) is 16.7 Å². The van der Waals surface area contributed by atoms with Gasteiger partial charge in [0.1, 0.15) is 5.65 Å². The normalized spacial score (nSPS) is 11.4. The number of aliphatic hydroxyl groups is 2. The zero-order valence-electron chi connectivity index (χ0n) is 11.3. The Hall–Kier alpha value is -1.89. The number of carbonyl (C=O) groups excluding carboxylic acids is 1. The van der Waals surface area contributed by atoms with E-state index in [1.807, 2.05) is 18.2 Å². The lowest BCUT2D eigenvalue weighted by atomic mass is 10.3. The summed E-state index contributed by atoms with van der Waals surface area (Å²) in [4.78, 5) is 17.5. The molecule has 0 unspecified atom stereocenters. The van der Waals surface area contributed by atoms with E-state index in [-0.39, 0.29) is 32.2 Å². The number of rotatable bonds is 6. The molecule has 0 aromatic carbocycles. The Kier molecular flexibility index (Phi) is 5.32. The first kappa shape index (κ1) is 15.5. The van der Waals surface area contributed by atoms with Crippen molar-refractivity contribution < 1.29 is 15.0 Å². The zero-order valence-corrected chi connectivity index (χ0v) is 12.1. The molecule has 7 heteroatoms. The molecule has 2 aromatic rings. The Bertz CT molecular complexity index is 648. The monoisotopic (exact) mass is 309 g/mol.